The summed E-state index contributed by atoms with van der Waals surface area (Å²) in [7, 11) is 0. The maximum Gasteiger partial charge on any atom is 0.246 e. The number of ether oxygens (including phenoxy) is 1. The van der Waals surface area contributed by atoms with Gasteiger partial charge in [0.2, 0.25) is 5.91 Å². The van der Waals surface area contributed by atoms with Crippen LogP contribution < -0.4 is 5.32 Å². The minimum absolute atomic E-state index is 0.0195. The molecule has 3 aromatic rings. The van der Waals surface area contributed by atoms with Gasteiger partial charge in [0.25, 0.3) is 0 Å². The molecule has 0 spiro atoms. The lowest BCUT2D eigenvalue weighted by Crippen LogP contribution is -2.27. The molecule has 1 amide bonds. The van der Waals surface area contributed by atoms with Crippen molar-refractivity contribution in [1.29, 1.82) is 0 Å². The molecule has 6 heteroatoms. The van der Waals surface area contributed by atoms with E-state index in [9.17, 15) is 4.79 Å². The topological polar surface area (TPSA) is 68.5 Å². The van der Waals surface area contributed by atoms with Crippen LogP contribution in [0.5, 0.6) is 0 Å². The Balaban J connectivity index is 1.46. The largest absolute Gasteiger partial charge is 0.367 e. The van der Waals surface area contributed by atoms with E-state index < -0.39 is 0 Å². The Labute approximate surface area is 127 Å². The SMILES string of the molecule is O=C(COCc1ccccc1)NCc1nnc2ccccn12. The molecule has 112 valence electrons. The molecule has 22 heavy (non-hydrogen) atoms. The van der Waals surface area contributed by atoms with Crippen molar-refractivity contribution in [2.45, 2.75) is 13.2 Å². The van der Waals surface area contributed by atoms with E-state index in [4.69, 9.17) is 4.74 Å². The van der Waals surface area contributed by atoms with Gasteiger partial charge in [0.05, 0.1) is 13.2 Å². The molecule has 0 saturated heterocycles. The molecule has 6 nitrogen and oxygen atoms in total. The van der Waals surface area contributed by atoms with Crippen molar-refractivity contribution < 1.29 is 9.53 Å². The van der Waals surface area contributed by atoms with E-state index in [1.165, 1.54) is 0 Å². The summed E-state index contributed by atoms with van der Waals surface area (Å²) < 4.78 is 7.22. The summed E-state index contributed by atoms with van der Waals surface area (Å²) in [5.74, 6) is 0.510. The normalized spacial score (nSPS) is 10.7. The molecular formula is C16H16N4O2. The highest BCUT2D eigenvalue weighted by atomic mass is 16.5. The Kier molecular flexibility index (Phi) is 4.41. The number of carbonyl (C=O) groups excluding carboxylic acids is 1. The van der Waals surface area contributed by atoms with Crippen molar-refractivity contribution in [3.05, 3.63) is 66.1 Å². The number of carbonyl (C=O) groups is 1. The standard InChI is InChI=1S/C16H16N4O2/c21-16(12-22-11-13-6-2-1-3-7-13)17-10-15-19-18-14-8-4-5-9-20(14)15/h1-9H,10-12H2,(H,17,21). The van der Waals surface area contributed by atoms with Gasteiger partial charge in [-0.3, -0.25) is 9.20 Å². The van der Waals surface area contributed by atoms with Gasteiger partial charge in [-0.05, 0) is 17.7 Å². The summed E-state index contributed by atoms with van der Waals surface area (Å²) in [6.07, 6.45) is 1.86. The van der Waals surface area contributed by atoms with Crippen LogP contribution in [0.1, 0.15) is 11.4 Å². The van der Waals surface area contributed by atoms with Crippen molar-refractivity contribution >= 4 is 11.6 Å². The summed E-state index contributed by atoms with van der Waals surface area (Å²) in [5.41, 5.74) is 1.80. The Hall–Kier alpha value is -2.73. The summed E-state index contributed by atoms with van der Waals surface area (Å²) in [5, 5.41) is 10.9. The first-order valence-corrected chi connectivity index (χ1v) is 7.00. The first-order chi connectivity index (χ1) is 10.8. The van der Waals surface area contributed by atoms with E-state index >= 15 is 0 Å². The molecule has 3 rings (SSSR count). The van der Waals surface area contributed by atoms with Crippen LogP contribution in [-0.2, 0) is 22.7 Å². The van der Waals surface area contributed by atoms with Crippen LogP contribution >= 0.6 is 0 Å². The Bertz CT molecular complexity index is 755. The maximum atomic E-state index is 11.8. The monoisotopic (exact) mass is 296 g/mol. The Morgan fingerprint density at radius 1 is 1.09 bits per heavy atom. The first kappa shape index (κ1) is 14.2. The van der Waals surface area contributed by atoms with Gasteiger partial charge in [0.1, 0.15) is 6.61 Å². The molecule has 0 bridgehead atoms. The molecule has 0 fully saturated rings. The van der Waals surface area contributed by atoms with Crippen LogP contribution in [0.25, 0.3) is 5.65 Å². The number of hydrogen-bond acceptors (Lipinski definition) is 4. The zero-order valence-electron chi connectivity index (χ0n) is 12.0. The van der Waals surface area contributed by atoms with Crippen molar-refractivity contribution in [2.75, 3.05) is 6.61 Å². The number of rotatable bonds is 6. The molecule has 1 N–H and O–H groups in total. The van der Waals surface area contributed by atoms with Gasteiger partial charge in [-0.25, -0.2) is 0 Å². The number of amides is 1. The van der Waals surface area contributed by atoms with E-state index in [-0.39, 0.29) is 12.5 Å². The second-order valence-corrected chi connectivity index (χ2v) is 4.80. The molecule has 0 saturated carbocycles. The molecule has 1 aromatic carbocycles. The third-order valence-corrected chi connectivity index (χ3v) is 3.17. The molecule has 0 atom stereocenters. The zero-order valence-corrected chi connectivity index (χ0v) is 12.0. The maximum absolute atomic E-state index is 11.8. The van der Waals surface area contributed by atoms with Crippen LogP contribution in [0.3, 0.4) is 0 Å². The quantitative estimate of drug-likeness (QED) is 0.749. The third kappa shape index (κ3) is 3.48. The average Bonchev–Trinajstić information content (AvgIpc) is 2.97. The van der Waals surface area contributed by atoms with E-state index in [1.54, 1.807) is 0 Å². The third-order valence-electron chi connectivity index (χ3n) is 3.17. The summed E-state index contributed by atoms with van der Waals surface area (Å²) in [6, 6.07) is 15.4. The van der Waals surface area contributed by atoms with E-state index in [0.717, 1.165) is 11.2 Å². The number of hydrogen-bond donors (Lipinski definition) is 1. The van der Waals surface area contributed by atoms with Crippen LogP contribution in [0, 0.1) is 0 Å². The minimum Gasteiger partial charge on any atom is -0.367 e. The summed E-state index contributed by atoms with van der Waals surface area (Å²) in [6.45, 7) is 0.756. The molecule has 2 heterocycles. The smallest absolute Gasteiger partial charge is 0.246 e. The average molecular weight is 296 g/mol. The van der Waals surface area contributed by atoms with Gasteiger partial charge >= 0.3 is 0 Å². The van der Waals surface area contributed by atoms with Crippen LogP contribution in [-0.4, -0.2) is 27.1 Å². The van der Waals surface area contributed by atoms with Gasteiger partial charge in [-0.2, -0.15) is 0 Å². The lowest BCUT2D eigenvalue weighted by atomic mass is 10.2. The van der Waals surface area contributed by atoms with Gasteiger partial charge in [-0.1, -0.05) is 36.4 Å². The van der Waals surface area contributed by atoms with Gasteiger partial charge in [0, 0.05) is 6.20 Å². The predicted octanol–water partition coefficient (Wildman–Crippen LogP) is 1.56. The number of aromatic nitrogens is 3. The number of fused-ring (bicyclic) bond motifs is 1. The van der Waals surface area contributed by atoms with Gasteiger partial charge in [-0.15, -0.1) is 10.2 Å². The Morgan fingerprint density at radius 3 is 2.77 bits per heavy atom. The van der Waals surface area contributed by atoms with Crippen LogP contribution in [0.4, 0.5) is 0 Å². The highest BCUT2D eigenvalue weighted by molar-refractivity contribution is 5.77. The predicted molar refractivity (Wildman–Crippen MR) is 80.9 cm³/mol. The first-order valence-electron chi connectivity index (χ1n) is 7.00. The number of nitrogens with one attached hydrogen (secondary N) is 1. The lowest BCUT2D eigenvalue weighted by Gasteiger charge is -2.05. The van der Waals surface area contributed by atoms with Crippen molar-refractivity contribution in [3.8, 4) is 0 Å². The number of nitrogens with zero attached hydrogens (tertiary/aromatic N) is 3. The zero-order chi connectivity index (χ0) is 15.2. The fraction of sp³-hybridized carbons (Fsp3) is 0.188. The van der Waals surface area contributed by atoms with Crippen molar-refractivity contribution in [3.63, 3.8) is 0 Å². The second kappa shape index (κ2) is 6.82. The fourth-order valence-corrected chi connectivity index (χ4v) is 2.08. The highest BCUT2D eigenvalue weighted by Crippen LogP contribution is 2.02. The Morgan fingerprint density at radius 2 is 1.91 bits per heavy atom. The summed E-state index contributed by atoms with van der Waals surface area (Å²) >= 11 is 0. The molecule has 0 unspecified atom stereocenters. The minimum atomic E-state index is -0.177. The van der Waals surface area contributed by atoms with E-state index in [0.29, 0.717) is 19.0 Å². The van der Waals surface area contributed by atoms with Crippen molar-refractivity contribution in [1.82, 2.24) is 19.9 Å². The highest BCUT2D eigenvalue weighted by Gasteiger charge is 2.07. The molecule has 2 aromatic heterocycles. The van der Waals surface area contributed by atoms with Gasteiger partial charge in [0.15, 0.2) is 11.5 Å². The van der Waals surface area contributed by atoms with E-state index in [2.05, 4.69) is 15.5 Å². The number of pyridine rings is 1. The molecular weight excluding hydrogens is 280 g/mol. The van der Waals surface area contributed by atoms with Gasteiger partial charge < -0.3 is 10.1 Å². The summed E-state index contributed by atoms with van der Waals surface area (Å²) in [4.78, 5) is 11.8. The molecule has 0 aliphatic heterocycles. The second-order valence-electron chi connectivity index (χ2n) is 4.80. The van der Waals surface area contributed by atoms with Crippen LogP contribution in [0.2, 0.25) is 0 Å². The molecule has 0 radical (unpaired) electrons. The molecule has 0 aliphatic rings. The lowest BCUT2D eigenvalue weighted by molar-refractivity contribution is -0.126. The molecule has 0 aliphatic carbocycles. The van der Waals surface area contributed by atoms with Crippen LogP contribution in [0.15, 0.2) is 54.7 Å². The van der Waals surface area contributed by atoms with E-state index in [1.807, 2.05) is 59.1 Å². The number of benzene rings is 1. The fourth-order valence-electron chi connectivity index (χ4n) is 2.08. The van der Waals surface area contributed by atoms with Crippen molar-refractivity contribution in [2.24, 2.45) is 0 Å².